The van der Waals surface area contributed by atoms with Gasteiger partial charge in [-0.3, -0.25) is 0 Å². The highest BCUT2D eigenvalue weighted by Gasteiger charge is 2.34. The largest absolute Gasteiger partial charge is 0.487 e. The van der Waals surface area contributed by atoms with E-state index in [0.29, 0.717) is 0 Å². The Hall–Kier alpha value is -1.83. The van der Waals surface area contributed by atoms with Crippen LogP contribution in [0.3, 0.4) is 0 Å². The van der Waals surface area contributed by atoms with Crippen LogP contribution in [0.15, 0.2) is 40.4 Å². The van der Waals surface area contributed by atoms with Gasteiger partial charge in [-0.15, -0.1) is 0 Å². The van der Waals surface area contributed by atoms with Crippen LogP contribution in [0.25, 0.3) is 0 Å². The summed E-state index contributed by atoms with van der Waals surface area (Å²) >= 11 is 0. The van der Waals surface area contributed by atoms with Gasteiger partial charge in [-0.1, -0.05) is 12.1 Å². The molecule has 1 heterocycles. The number of benzene rings is 1. The summed E-state index contributed by atoms with van der Waals surface area (Å²) in [7, 11) is -3.49. The van der Waals surface area contributed by atoms with Gasteiger partial charge in [-0.05, 0) is 12.1 Å². The molecule has 4 nitrogen and oxygen atoms in total. The number of ether oxygens (including phenoxy) is 1. The molecule has 19 heavy (non-hydrogen) atoms. The van der Waals surface area contributed by atoms with Gasteiger partial charge in [0.15, 0.2) is 0 Å². The van der Waals surface area contributed by atoms with Crippen LogP contribution in [0.4, 0.5) is 13.2 Å². The second-order valence-electron chi connectivity index (χ2n) is 3.72. The lowest BCUT2D eigenvalue weighted by Gasteiger charge is -2.13. The lowest BCUT2D eigenvalue weighted by Crippen LogP contribution is -2.09. The summed E-state index contributed by atoms with van der Waals surface area (Å²) in [5, 5.41) is 0.850. The molecule has 1 aromatic rings. The molecule has 102 valence electrons. The van der Waals surface area contributed by atoms with Crippen molar-refractivity contribution in [3.8, 4) is 5.75 Å². The van der Waals surface area contributed by atoms with Gasteiger partial charge in [0, 0.05) is 0 Å². The lowest BCUT2D eigenvalue weighted by molar-refractivity contribution is -0.138. The minimum absolute atomic E-state index is 0.0528. The first-order chi connectivity index (χ1) is 8.78. The number of hydrogen-bond acceptors (Lipinski definition) is 4. The third-order valence-electron chi connectivity index (χ3n) is 2.23. The molecule has 0 fully saturated rings. The van der Waals surface area contributed by atoms with E-state index in [4.69, 9.17) is 4.74 Å². The highest BCUT2D eigenvalue weighted by Crippen LogP contribution is 2.36. The second kappa shape index (κ2) is 4.69. The summed E-state index contributed by atoms with van der Waals surface area (Å²) in [6.07, 6.45) is -4.53. The third kappa shape index (κ3) is 3.34. The number of hydrogen-bond donors (Lipinski definition) is 0. The molecule has 1 aromatic carbocycles. The topological polar surface area (TPSA) is 55.7 Å². The maximum atomic E-state index is 12.7. The van der Waals surface area contributed by atoms with E-state index in [1.165, 1.54) is 12.1 Å². The van der Waals surface area contributed by atoms with Gasteiger partial charge in [0.05, 0.1) is 16.7 Å². The van der Waals surface area contributed by atoms with E-state index in [9.17, 15) is 21.6 Å². The molecule has 0 amide bonds. The van der Waals surface area contributed by atoms with Gasteiger partial charge in [-0.25, -0.2) is 13.4 Å². The lowest BCUT2D eigenvalue weighted by atomic mass is 10.2. The minimum Gasteiger partial charge on any atom is -0.487 e. The molecule has 2 rings (SSSR count). The van der Waals surface area contributed by atoms with Crippen LogP contribution < -0.4 is 4.74 Å². The summed E-state index contributed by atoms with van der Waals surface area (Å²) in [4.78, 5) is 3.54. The molecule has 0 aromatic heterocycles. The summed E-state index contributed by atoms with van der Waals surface area (Å²) < 4.78 is 65.0. The zero-order chi connectivity index (χ0) is 14.1. The van der Waals surface area contributed by atoms with Gasteiger partial charge in [0.2, 0.25) is 9.84 Å². The number of alkyl halides is 3. The maximum absolute atomic E-state index is 12.7. The highest BCUT2D eigenvalue weighted by atomic mass is 32.2. The fraction of sp³-hybridized carbons (Fsp3) is 0.182. The molecule has 8 heteroatoms. The van der Waals surface area contributed by atoms with Crippen molar-refractivity contribution >= 4 is 15.4 Å². The smallest absolute Gasteiger partial charge is 0.419 e. The Kier molecular flexibility index (Phi) is 3.36. The zero-order valence-electron chi connectivity index (χ0n) is 9.39. The Balaban J connectivity index is 2.16. The van der Waals surface area contributed by atoms with Gasteiger partial charge in [0.1, 0.15) is 17.9 Å². The van der Waals surface area contributed by atoms with Crippen molar-refractivity contribution in [3.63, 3.8) is 0 Å². The first kappa shape index (κ1) is 13.6. The SMILES string of the molecule is O=S1(=O)C=NC(COc2ccccc2C(F)(F)F)=C1. The molecular weight excluding hydrogens is 283 g/mol. The molecular formula is C11H8F3NO3S. The Morgan fingerprint density at radius 2 is 1.89 bits per heavy atom. The minimum atomic E-state index is -4.53. The molecule has 0 saturated carbocycles. The highest BCUT2D eigenvalue weighted by molar-refractivity contribution is 8.07. The molecule has 1 aliphatic rings. The molecule has 0 spiro atoms. The van der Waals surface area contributed by atoms with E-state index in [2.05, 4.69) is 4.99 Å². The Morgan fingerprint density at radius 1 is 1.21 bits per heavy atom. The second-order valence-corrected chi connectivity index (χ2v) is 5.34. The van der Waals surface area contributed by atoms with Crippen LogP contribution in [-0.2, 0) is 16.0 Å². The molecule has 0 atom stereocenters. The van der Waals surface area contributed by atoms with Crippen molar-refractivity contribution in [2.24, 2.45) is 4.99 Å². The third-order valence-corrected chi connectivity index (χ3v) is 3.23. The molecule has 1 aliphatic heterocycles. The van der Waals surface area contributed by atoms with E-state index in [1.807, 2.05) is 0 Å². The predicted molar refractivity (Wildman–Crippen MR) is 62.4 cm³/mol. The van der Waals surface area contributed by atoms with Crippen molar-refractivity contribution in [1.29, 1.82) is 0 Å². The van der Waals surface area contributed by atoms with Crippen molar-refractivity contribution < 1.29 is 26.3 Å². The fourth-order valence-corrected chi connectivity index (χ4v) is 2.29. The first-order valence-corrected chi connectivity index (χ1v) is 6.68. The van der Waals surface area contributed by atoms with Crippen LogP contribution in [0.1, 0.15) is 5.56 Å². The molecule has 0 radical (unpaired) electrons. The number of rotatable bonds is 3. The van der Waals surface area contributed by atoms with Crippen LogP contribution >= 0.6 is 0 Å². The van der Waals surface area contributed by atoms with E-state index in [0.717, 1.165) is 23.1 Å². The van der Waals surface area contributed by atoms with Gasteiger partial charge in [-0.2, -0.15) is 13.2 Å². The summed E-state index contributed by atoms with van der Waals surface area (Å²) in [5.41, 5.74) is -0.140. The predicted octanol–water partition coefficient (Wildman–Crippen LogP) is 2.38. The standard InChI is InChI=1S/C11H8F3NO3S/c12-11(13,14)9-3-1-2-4-10(9)18-5-8-6-19(16,17)7-15-8/h1-4,6-7H,5H2. The van der Waals surface area contributed by atoms with Crippen LogP contribution in [0.2, 0.25) is 0 Å². The quantitative estimate of drug-likeness (QED) is 0.859. The number of sulfone groups is 1. The Labute approximate surface area is 107 Å². The van der Waals surface area contributed by atoms with Gasteiger partial charge >= 0.3 is 6.18 Å². The van der Waals surface area contributed by atoms with Crippen molar-refractivity contribution in [2.45, 2.75) is 6.18 Å². The maximum Gasteiger partial charge on any atom is 0.419 e. The Bertz CT molecular complexity index is 647. The van der Waals surface area contributed by atoms with Crippen LogP contribution in [0.5, 0.6) is 5.75 Å². The van der Waals surface area contributed by atoms with E-state index in [1.54, 1.807) is 0 Å². The van der Waals surface area contributed by atoms with Crippen molar-refractivity contribution in [1.82, 2.24) is 0 Å². The van der Waals surface area contributed by atoms with Crippen molar-refractivity contribution in [3.05, 3.63) is 40.9 Å². The zero-order valence-corrected chi connectivity index (χ0v) is 10.2. The summed E-state index contributed by atoms with van der Waals surface area (Å²) in [5.74, 6) is -0.365. The number of aliphatic imine (C=N–C) groups is 1. The average molecular weight is 291 g/mol. The number of para-hydroxylation sites is 1. The van der Waals surface area contributed by atoms with E-state index in [-0.39, 0.29) is 18.1 Å². The number of nitrogens with zero attached hydrogens (tertiary/aromatic N) is 1. The van der Waals surface area contributed by atoms with E-state index < -0.39 is 21.6 Å². The first-order valence-electron chi connectivity index (χ1n) is 5.07. The average Bonchev–Trinajstić information content (AvgIpc) is 2.66. The molecule has 0 saturated heterocycles. The summed E-state index contributed by atoms with van der Waals surface area (Å²) in [6, 6.07) is 4.69. The molecule has 0 aliphatic carbocycles. The summed E-state index contributed by atoms with van der Waals surface area (Å²) in [6.45, 7) is -0.344. The molecule has 0 N–H and O–H groups in total. The van der Waals surface area contributed by atoms with Gasteiger partial charge in [0.25, 0.3) is 0 Å². The monoisotopic (exact) mass is 291 g/mol. The van der Waals surface area contributed by atoms with Crippen LogP contribution in [0, 0.1) is 0 Å². The molecule has 0 unspecified atom stereocenters. The van der Waals surface area contributed by atoms with Crippen LogP contribution in [-0.4, -0.2) is 20.6 Å². The normalized spacial score (nSPS) is 17.3. The van der Waals surface area contributed by atoms with Crippen molar-refractivity contribution in [2.75, 3.05) is 6.61 Å². The Morgan fingerprint density at radius 3 is 2.47 bits per heavy atom. The van der Waals surface area contributed by atoms with E-state index >= 15 is 0 Å². The van der Waals surface area contributed by atoms with Gasteiger partial charge < -0.3 is 4.74 Å². The fourth-order valence-electron chi connectivity index (χ4n) is 1.44. The molecule has 0 bridgehead atoms. The number of halogens is 3.